The first-order valence-electron chi connectivity index (χ1n) is 5.99. The van der Waals surface area contributed by atoms with Crippen molar-refractivity contribution in [2.24, 2.45) is 5.73 Å². The summed E-state index contributed by atoms with van der Waals surface area (Å²) in [5, 5.41) is 0. The molecule has 0 aliphatic carbocycles. The van der Waals surface area contributed by atoms with E-state index in [4.69, 9.17) is 25.7 Å². The summed E-state index contributed by atoms with van der Waals surface area (Å²) in [6.07, 6.45) is 1.31. The van der Waals surface area contributed by atoms with E-state index in [-0.39, 0.29) is 17.1 Å². The summed E-state index contributed by atoms with van der Waals surface area (Å²) < 4.78 is 15.9. The number of ether oxygens (including phenoxy) is 3. The molecule has 0 unspecified atom stereocenters. The first-order chi connectivity index (χ1) is 10.0. The van der Waals surface area contributed by atoms with Crippen molar-refractivity contribution in [3.63, 3.8) is 0 Å². The molecule has 0 spiro atoms. The van der Waals surface area contributed by atoms with Gasteiger partial charge in [0.15, 0.2) is 0 Å². The Labute approximate surface area is 121 Å². The SMILES string of the molecule is COc1cc(OC)cc(Oc2cc(C(N)=O)c(N)cn2)c1. The van der Waals surface area contributed by atoms with Gasteiger partial charge in [0, 0.05) is 24.3 Å². The monoisotopic (exact) mass is 289 g/mol. The minimum Gasteiger partial charge on any atom is -0.496 e. The van der Waals surface area contributed by atoms with E-state index in [0.717, 1.165) is 0 Å². The van der Waals surface area contributed by atoms with Gasteiger partial charge in [0.2, 0.25) is 5.88 Å². The van der Waals surface area contributed by atoms with E-state index in [1.165, 1.54) is 26.5 Å². The van der Waals surface area contributed by atoms with Crippen LogP contribution < -0.4 is 25.7 Å². The molecule has 0 aliphatic rings. The van der Waals surface area contributed by atoms with Crippen molar-refractivity contribution in [2.75, 3.05) is 20.0 Å². The average Bonchev–Trinajstić information content (AvgIpc) is 2.48. The van der Waals surface area contributed by atoms with Crippen molar-refractivity contribution < 1.29 is 19.0 Å². The second-order valence-electron chi connectivity index (χ2n) is 4.12. The second kappa shape index (κ2) is 6.00. The Balaban J connectivity index is 2.33. The lowest BCUT2D eigenvalue weighted by molar-refractivity contribution is 0.100. The number of aromatic nitrogens is 1. The Hall–Kier alpha value is -2.96. The topological polar surface area (TPSA) is 110 Å². The van der Waals surface area contributed by atoms with Crippen LogP contribution in [0.5, 0.6) is 23.1 Å². The summed E-state index contributed by atoms with van der Waals surface area (Å²) >= 11 is 0. The molecule has 1 amide bonds. The zero-order chi connectivity index (χ0) is 15.4. The third kappa shape index (κ3) is 3.33. The van der Waals surface area contributed by atoms with Crippen LogP contribution in [0.4, 0.5) is 5.69 Å². The third-order valence-corrected chi connectivity index (χ3v) is 2.72. The molecule has 1 aromatic heterocycles. The van der Waals surface area contributed by atoms with E-state index < -0.39 is 5.91 Å². The third-order valence-electron chi connectivity index (χ3n) is 2.72. The predicted molar refractivity (Wildman–Crippen MR) is 76.8 cm³/mol. The molecule has 0 atom stereocenters. The molecule has 7 heteroatoms. The van der Waals surface area contributed by atoms with Gasteiger partial charge in [-0.1, -0.05) is 0 Å². The summed E-state index contributed by atoms with van der Waals surface area (Å²) in [5.74, 6) is 1.11. The number of nitrogens with zero attached hydrogens (tertiary/aromatic N) is 1. The molecule has 7 nitrogen and oxygen atoms in total. The van der Waals surface area contributed by atoms with Crippen LogP contribution in [0.3, 0.4) is 0 Å². The largest absolute Gasteiger partial charge is 0.496 e. The lowest BCUT2D eigenvalue weighted by atomic mass is 10.2. The Kier molecular flexibility index (Phi) is 4.13. The van der Waals surface area contributed by atoms with Gasteiger partial charge in [0.1, 0.15) is 17.2 Å². The number of carbonyl (C=O) groups excluding carboxylic acids is 1. The lowest BCUT2D eigenvalue weighted by Gasteiger charge is -2.10. The van der Waals surface area contributed by atoms with E-state index in [2.05, 4.69) is 4.98 Å². The molecule has 0 saturated carbocycles. The van der Waals surface area contributed by atoms with Crippen LogP contribution in [-0.4, -0.2) is 25.1 Å². The van der Waals surface area contributed by atoms with E-state index in [0.29, 0.717) is 17.2 Å². The Morgan fingerprint density at radius 1 is 1.05 bits per heavy atom. The summed E-state index contributed by atoms with van der Waals surface area (Å²) in [4.78, 5) is 15.2. The van der Waals surface area contributed by atoms with Gasteiger partial charge in [-0.3, -0.25) is 4.79 Å². The van der Waals surface area contributed by atoms with Crippen molar-refractivity contribution in [1.29, 1.82) is 0 Å². The predicted octanol–water partition coefficient (Wildman–Crippen LogP) is 1.57. The van der Waals surface area contributed by atoms with E-state index >= 15 is 0 Å². The lowest BCUT2D eigenvalue weighted by Crippen LogP contribution is -2.13. The molecule has 0 fully saturated rings. The Morgan fingerprint density at radius 3 is 2.14 bits per heavy atom. The summed E-state index contributed by atoms with van der Waals surface area (Å²) in [5.41, 5.74) is 11.2. The minimum absolute atomic E-state index is 0.148. The summed E-state index contributed by atoms with van der Waals surface area (Å²) in [6, 6.07) is 6.40. The number of rotatable bonds is 5. The number of primary amides is 1. The number of amides is 1. The van der Waals surface area contributed by atoms with Crippen molar-refractivity contribution in [3.8, 4) is 23.1 Å². The van der Waals surface area contributed by atoms with Crippen LogP contribution in [0.15, 0.2) is 30.5 Å². The molecule has 0 aliphatic heterocycles. The van der Waals surface area contributed by atoms with Gasteiger partial charge in [-0.2, -0.15) is 0 Å². The molecular formula is C14H15N3O4. The first-order valence-corrected chi connectivity index (χ1v) is 5.99. The van der Waals surface area contributed by atoms with Gasteiger partial charge in [-0.15, -0.1) is 0 Å². The van der Waals surface area contributed by atoms with Gasteiger partial charge in [-0.25, -0.2) is 4.98 Å². The zero-order valence-corrected chi connectivity index (χ0v) is 11.6. The van der Waals surface area contributed by atoms with Crippen LogP contribution in [0.2, 0.25) is 0 Å². The van der Waals surface area contributed by atoms with Gasteiger partial charge in [0.05, 0.1) is 31.7 Å². The number of carbonyl (C=O) groups is 1. The van der Waals surface area contributed by atoms with Crippen LogP contribution in [0.25, 0.3) is 0 Å². The Morgan fingerprint density at radius 2 is 1.62 bits per heavy atom. The highest BCUT2D eigenvalue weighted by Crippen LogP contribution is 2.30. The van der Waals surface area contributed by atoms with Gasteiger partial charge >= 0.3 is 0 Å². The van der Waals surface area contributed by atoms with E-state index in [9.17, 15) is 4.79 Å². The molecule has 2 aromatic rings. The quantitative estimate of drug-likeness (QED) is 0.864. The molecule has 21 heavy (non-hydrogen) atoms. The number of nitrogens with two attached hydrogens (primary N) is 2. The van der Waals surface area contributed by atoms with Crippen molar-refractivity contribution in [1.82, 2.24) is 4.98 Å². The van der Waals surface area contributed by atoms with Crippen LogP contribution in [0, 0.1) is 0 Å². The van der Waals surface area contributed by atoms with Crippen molar-refractivity contribution in [3.05, 3.63) is 36.0 Å². The smallest absolute Gasteiger partial charge is 0.251 e. The first kappa shape index (κ1) is 14.4. The number of methoxy groups -OCH3 is 2. The summed E-state index contributed by atoms with van der Waals surface area (Å²) in [6.45, 7) is 0. The second-order valence-corrected chi connectivity index (χ2v) is 4.12. The fourth-order valence-electron chi connectivity index (χ4n) is 1.68. The minimum atomic E-state index is -0.650. The van der Waals surface area contributed by atoms with Crippen LogP contribution in [0.1, 0.15) is 10.4 Å². The van der Waals surface area contributed by atoms with E-state index in [1.807, 2.05) is 0 Å². The molecule has 110 valence electrons. The molecule has 4 N–H and O–H groups in total. The van der Waals surface area contributed by atoms with Gasteiger partial charge in [-0.05, 0) is 0 Å². The van der Waals surface area contributed by atoms with Crippen molar-refractivity contribution in [2.45, 2.75) is 0 Å². The number of benzene rings is 1. The molecule has 0 saturated heterocycles. The van der Waals surface area contributed by atoms with Crippen LogP contribution >= 0.6 is 0 Å². The maximum atomic E-state index is 11.2. The standard InChI is InChI=1S/C14H15N3O4/c1-19-8-3-9(20-2)5-10(4-8)21-13-6-11(14(16)18)12(15)7-17-13/h3-7H,15H2,1-2H3,(H2,16,18). The number of anilines is 1. The fourth-order valence-corrected chi connectivity index (χ4v) is 1.68. The highest BCUT2D eigenvalue weighted by molar-refractivity contribution is 5.98. The highest BCUT2D eigenvalue weighted by atomic mass is 16.5. The molecule has 1 heterocycles. The van der Waals surface area contributed by atoms with E-state index in [1.54, 1.807) is 18.2 Å². The molecule has 0 bridgehead atoms. The summed E-state index contributed by atoms with van der Waals surface area (Å²) in [7, 11) is 3.07. The maximum Gasteiger partial charge on any atom is 0.251 e. The highest BCUT2D eigenvalue weighted by Gasteiger charge is 2.10. The van der Waals surface area contributed by atoms with Gasteiger partial charge in [0.25, 0.3) is 5.91 Å². The number of hydrogen-bond acceptors (Lipinski definition) is 6. The number of nitrogen functional groups attached to an aromatic ring is 1. The van der Waals surface area contributed by atoms with Crippen molar-refractivity contribution >= 4 is 11.6 Å². The fraction of sp³-hybridized carbons (Fsp3) is 0.143. The normalized spacial score (nSPS) is 10.0. The molecular weight excluding hydrogens is 274 g/mol. The zero-order valence-electron chi connectivity index (χ0n) is 11.6. The number of hydrogen-bond donors (Lipinski definition) is 2. The Bertz CT molecular complexity index is 651. The van der Waals surface area contributed by atoms with Crippen LogP contribution in [-0.2, 0) is 0 Å². The molecule has 1 aromatic carbocycles. The molecule has 0 radical (unpaired) electrons. The van der Waals surface area contributed by atoms with Gasteiger partial charge < -0.3 is 25.7 Å². The number of pyridine rings is 1. The maximum absolute atomic E-state index is 11.2. The molecule has 2 rings (SSSR count). The average molecular weight is 289 g/mol.